The normalized spacial score (nSPS) is 17.9. The lowest BCUT2D eigenvalue weighted by atomic mass is 10.0. The van der Waals surface area contributed by atoms with Crippen molar-refractivity contribution in [1.29, 1.82) is 0 Å². The molecule has 1 saturated carbocycles. The fourth-order valence-electron chi connectivity index (χ4n) is 2.43. The van der Waals surface area contributed by atoms with Gasteiger partial charge in [0.1, 0.15) is 11.9 Å². The Balaban J connectivity index is 2.17. The molecule has 0 amide bonds. The first-order chi connectivity index (χ1) is 8.58. The maximum atomic E-state index is 13.5. The Labute approximate surface area is 106 Å². The van der Waals surface area contributed by atoms with Gasteiger partial charge in [-0.15, -0.1) is 0 Å². The molecular formula is C14H18FNO2. The molecule has 1 aromatic rings. The van der Waals surface area contributed by atoms with Gasteiger partial charge < -0.3 is 5.11 Å². The van der Waals surface area contributed by atoms with Gasteiger partial charge in [-0.05, 0) is 37.0 Å². The van der Waals surface area contributed by atoms with Gasteiger partial charge >= 0.3 is 5.97 Å². The second-order valence-electron chi connectivity index (χ2n) is 4.93. The van der Waals surface area contributed by atoms with E-state index in [1.54, 1.807) is 19.1 Å². The molecule has 0 heterocycles. The van der Waals surface area contributed by atoms with E-state index in [1.165, 1.54) is 6.07 Å². The summed E-state index contributed by atoms with van der Waals surface area (Å²) in [4.78, 5) is 11.3. The van der Waals surface area contributed by atoms with Gasteiger partial charge in [0.2, 0.25) is 0 Å². The van der Waals surface area contributed by atoms with E-state index in [9.17, 15) is 14.3 Å². The van der Waals surface area contributed by atoms with E-state index in [-0.39, 0.29) is 11.9 Å². The molecule has 2 N–H and O–H groups in total. The van der Waals surface area contributed by atoms with Crippen molar-refractivity contribution in [3.05, 3.63) is 35.1 Å². The van der Waals surface area contributed by atoms with Crippen molar-refractivity contribution in [2.45, 2.75) is 44.7 Å². The van der Waals surface area contributed by atoms with Crippen LogP contribution in [0.2, 0.25) is 0 Å². The summed E-state index contributed by atoms with van der Waals surface area (Å²) >= 11 is 0. The molecule has 1 aliphatic rings. The number of rotatable bonds is 4. The van der Waals surface area contributed by atoms with Crippen LogP contribution in [0, 0.1) is 12.7 Å². The van der Waals surface area contributed by atoms with Crippen LogP contribution in [0.25, 0.3) is 0 Å². The number of nitrogens with one attached hydrogen (secondary N) is 1. The minimum atomic E-state index is -0.954. The van der Waals surface area contributed by atoms with Gasteiger partial charge in [0.15, 0.2) is 0 Å². The fraction of sp³-hybridized carbons (Fsp3) is 0.500. The summed E-state index contributed by atoms with van der Waals surface area (Å²) in [6.07, 6.45) is 4.26. The zero-order chi connectivity index (χ0) is 13.1. The van der Waals surface area contributed by atoms with Crippen LogP contribution in [0.15, 0.2) is 18.2 Å². The highest BCUT2D eigenvalue weighted by Crippen LogP contribution is 2.23. The highest BCUT2D eigenvalue weighted by Gasteiger charge is 2.25. The van der Waals surface area contributed by atoms with Crippen LogP contribution in [0.1, 0.15) is 42.9 Å². The highest BCUT2D eigenvalue weighted by molar-refractivity contribution is 5.75. The Morgan fingerprint density at radius 3 is 2.67 bits per heavy atom. The van der Waals surface area contributed by atoms with Gasteiger partial charge in [0.05, 0.1) is 0 Å². The molecule has 18 heavy (non-hydrogen) atoms. The molecule has 0 radical (unpaired) electrons. The molecule has 1 fully saturated rings. The average molecular weight is 251 g/mol. The second-order valence-corrected chi connectivity index (χ2v) is 4.93. The first-order valence-electron chi connectivity index (χ1n) is 6.33. The molecule has 1 aliphatic carbocycles. The van der Waals surface area contributed by atoms with E-state index >= 15 is 0 Å². The number of halogens is 1. The van der Waals surface area contributed by atoms with E-state index in [4.69, 9.17) is 0 Å². The zero-order valence-electron chi connectivity index (χ0n) is 10.4. The van der Waals surface area contributed by atoms with Gasteiger partial charge in [0, 0.05) is 6.04 Å². The van der Waals surface area contributed by atoms with Crippen LogP contribution < -0.4 is 5.32 Å². The largest absolute Gasteiger partial charge is 0.480 e. The smallest absolute Gasteiger partial charge is 0.325 e. The second kappa shape index (κ2) is 5.48. The molecule has 1 aromatic carbocycles. The number of hydrogen-bond acceptors (Lipinski definition) is 2. The Hall–Kier alpha value is -1.42. The lowest BCUT2D eigenvalue weighted by Crippen LogP contribution is -2.35. The van der Waals surface area contributed by atoms with Crippen LogP contribution in [0.4, 0.5) is 4.39 Å². The third-order valence-corrected chi connectivity index (χ3v) is 3.53. The van der Waals surface area contributed by atoms with Gasteiger partial charge in [-0.3, -0.25) is 10.1 Å². The number of carboxylic acid groups (broad SMARTS) is 1. The Morgan fingerprint density at radius 1 is 1.44 bits per heavy atom. The summed E-state index contributed by atoms with van der Waals surface area (Å²) in [6, 6.07) is 4.03. The Morgan fingerprint density at radius 2 is 2.11 bits per heavy atom. The molecule has 0 saturated heterocycles. The van der Waals surface area contributed by atoms with Crippen molar-refractivity contribution in [3.8, 4) is 0 Å². The van der Waals surface area contributed by atoms with Crippen LogP contribution in [-0.4, -0.2) is 17.1 Å². The predicted molar refractivity (Wildman–Crippen MR) is 66.9 cm³/mol. The van der Waals surface area contributed by atoms with Crippen molar-refractivity contribution >= 4 is 5.97 Å². The summed E-state index contributed by atoms with van der Waals surface area (Å²) in [5, 5.41) is 12.4. The molecule has 3 nitrogen and oxygen atoms in total. The van der Waals surface area contributed by atoms with Crippen molar-refractivity contribution < 1.29 is 14.3 Å². The van der Waals surface area contributed by atoms with E-state index in [1.807, 2.05) is 0 Å². The third kappa shape index (κ3) is 2.88. The van der Waals surface area contributed by atoms with Gasteiger partial charge in [-0.2, -0.15) is 0 Å². The molecule has 2 rings (SSSR count). The molecule has 0 aromatic heterocycles. The average Bonchev–Trinajstić information content (AvgIpc) is 2.82. The molecule has 98 valence electrons. The van der Waals surface area contributed by atoms with Crippen molar-refractivity contribution in [2.75, 3.05) is 0 Å². The minimum Gasteiger partial charge on any atom is -0.480 e. The number of aryl methyl sites for hydroxylation is 1. The van der Waals surface area contributed by atoms with Crippen LogP contribution >= 0.6 is 0 Å². The quantitative estimate of drug-likeness (QED) is 0.865. The Bertz CT molecular complexity index is 441. The highest BCUT2D eigenvalue weighted by atomic mass is 19.1. The van der Waals surface area contributed by atoms with Crippen molar-refractivity contribution in [1.82, 2.24) is 5.32 Å². The fourth-order valence-corrected chi connectivity index (χ4v) is 2.43. The number of carboxylic acids is 1. The van der Waals surface area contributed by atoms with E-state index in [0.717, 1.165) is 25.7 Å². The first kappa shape index (κ1) is 13.0. The zero-order valence-corrected chi connectivity index (χ0v) is 10.4. The lowest BCUT2D eigenvalue weighted by Gasteiger charge is -2.20. The number of hydrogen-bond donors (Lipinski definition) is 2. The van der Waals surface area contributed by atoms with Gasteiger partial charge in [-0.1, -0.05) is 25.0 Å². The first-order valence-corrected chi connectivity index (χ1v) is 6.33. The maximum absolute atomic E-state index is 13.5. The summed E-state index contributed by atoms with van der Waals surface area (Å²) in [7, 11) is 0. The molecular weight excluding hydrogens is 233 g/mol. The summed E-state index contributed by atoms with van der Waals surface area (Å²) in [5.74, 6) is -1.31. The summed E-state index contributed by atoms with van der Waals surface area (Å²) < 4.78 is 13.5. The summed E-state index contributed by atoms with van der Waals surface area (Å²) in [6.45, 7) is 1.67. The molecule has 4 heteroatoms. The standard InChI is InChI=1S/C14H18FNO2/c1-9-6-7-10(8-12(9)15)13(14(17)18)16-11-4-2-3-5-11/h6-8,11,13,16H,2-5H2,1H3,(H,17,18). The van der Waals surface area contributed by atoms with E-state index < -0.39 is 12.0 Å². The van der Waals surface area contributed by atoms with Gasteiger partial charge in [0.25, 0.3) is 0 Å². The van der Waals surface area contributed by atoms with E-state index in [0.29, 0.717) is 11.1 Å². The maximum Gasteiger partial charge on any atom is 0.325 e. The van der Waals surface area contributed by atoms with Crippen molar-refractivity contribution in [2.24, 2.45) is 0 Å². The monoisotopic (exact) mass is 251 g/mol. The van der Waals surface area contributed by atoms with Crippen LogP contribution in [0.3, 0.4) is 0 Å². The van der Waals surface area contributed by atoms with Crippen LogP contribution in [-0.2, 0) is 4.79 Å². The molecule has 1 atom stereocenters. The minimum absolute atomic E-state index is 0.232. The topological polar surface area (TPSA) is 49.3 Å². The number of aliphatic carboxylic acids is 1. The SMILES string of the molecule is Cc1ccc(C(NC2CCCC2)C(=O)O)cc1F. The molecule has 1 unspecified atom stereocenters. The van der Waals surface area contributed by atoms with Crippen molar-refractivity contribution in [3.63, 3.8) is 0 Å². The number of carbonyl (C=O) groups is 1. The Kier molecular flexibility index (Phi) is 3.97. The van der Waals surface area contributed by atoms with Gasteiger partial charge in [-0.25, -0.2) is 4.39 Å². The number of benzene rings is 1. The third-order valence-electron chi connectivity index (χ3n) is 3.53. The lowest BCUT2D eigenvalue weighted by molar-refractivity contribution is -0.139. The van der Waals surface area contributed by atoms with E-state index in [2.05, 4.69) is 5.32 Å². The molecule has 0 spiro atoms. The molecule has 0 aliphatic heterocycles. The predicted octanol–water partition coefficient (Wildman–Crippen LogP) is 2.79. The van der Waals surface area contributed by atoms with Crippen LogP contribution in [0.5, 0.6) is 0 Å². The summed E-state index contributed by atoms with van der Waals surface area (Å²) in [5.41, 5.74) is 1.02. The molecule has 0 bridgehead atoms.